The Labute approximate surface area is 191 Å². The van der Waals surface area contributed by atoms with Crippen LogP contribution in [0.2, 0.25) is 0 Å². The topological polar surface area (TPSA) is 99.9 Å². The number of ether oxygens (including phenoxy) is 3. The van der Waals surface area contributed by atoms with E-state index < -0.39 is 0 Å². The van der Waals surface area contributed by atoms with Crippen LogP contribution in [-0.2, 0) is 0 Å². The number of carbonyl (C=O) groups excluding carboxylic acids is 1. The van der Waals surface area contributed by atoms with Gasteiger partial charge >= 0.3 is 0 Å². The van der Waals surface area contributed by atoms with Gasteiger partial charge in [-0.05, 0) is 50.2 Å². The Morgan fingerprint density at radius 1 is 0.970 bits per heavy atom. The highest BCUT2D eigenvalue weighted by Gasteiger charge is 2.16. The van der Waals surface area contributed by atoms with Crippen LogP contribution in [0.1, 0.15) is 21.5 Å². The molecule has 0 spiro atoms. The van der Waals surface area contributed by atoms with Crippen molar-refractivity contribution in [2.45, 2.75) is 13.8 Å². The third-order valence-corrected chi connectivity index (χ3v) is 5.01. The fraction of sp³-hybridized carbons (Fsp3) is 0.250. The minimum atomic E-state index is -0.139. The zero-order valence-electron chi connectivity index (χ0n) is 19.0. The molecule has 9 nitrogen and oxygen atoms in total. The molecule has 4 rings (SSSR count). The second-order valence-electron chi connectivity index (χ2n) is 7.51. The van der Waals surface area contributed by atoms with Crippen molar-refractivity contribution in [3.8, 4) is 28.8 Å². The average molecular weight is 447 g/mol. The summed E-state index contributed by atoms with van der Waals surface area (Å²) in [4.78, 5) is 12.4. The highest BCUT2D eigenvalue weighted by Crippen LogP contribution is 2.32. The summed E-state index contributed by atoms with van der Waals surface area (Å²) in [6.07, 6.45) is 0. The Kier molecular flexibility index (Phi) is 6.39. The van der Waals surface area contributed by atoms with E-state index in [1.807, 2.05) is 38.1 Å². The van der Waals surface area contributed by atoms with E-state index in [9.17, 15) is 4.79 Å². The Morgan fingerprint density at radius 3 is 2.48 bits per heavy atom. The van der Waals surface area contributed by atoms with Crippen LogP contribution < -0.4 is 19.5 Å². The van der Waals surface area contributed by atoms with Crippen LogP contribution in [0.15, 0.2) is 48.5 Å². The first-order chi connectivity index (χ1) is 16.0. The molecule has 0 fully saturated rings. The fourth-order valence-electron chi connectivity index (χ4n) is 3.53. The smallest absolute Gasteiger partial charge is 0.251 e. The highest BCUT2D eigenvalue weighted by atomic mass is 16.5. The van der Waals surface area contributed by atoms with E-state index in [0.29, 0.717) is 46.5 Å². The van der Waals surface area contributed by atoms with Gasteiger partial charge in [0.05, 0.1) is 26.3 Å². The number of aromatic nitrogens is 4. The number of hydrogen-bond acceptors (Lipinski definition) is 7. The second kappa shape index (κ2) is 9.56. The van der Waals surface area contributed by atoms with Crippen LogP contribution in [0.25, 0.3) is 17.0 Å². The third-order valence-electron chi connectivity index (χ3n) is 5.01. The van der Waals surface area contributed by atoms with Crippen LogP contribution in [-0.4, -0.2) is 53.1 Å². The van der Waals surface area contributed by atoms with Gasteiger partial charge in [0.2, 0.25) is 5.88 Å². The van der Waals surface area contributed by atoms with Gasteiger partial charge in [-0.3, -0.25) is 4.79 Å². The van der Waals surface area contributed by atoms with Crippen molar-refractivity contribution in [3.05, 3.63) is 65.2 Å². The molecule has 0 radical (unpaired) electrons. The molecule has 33 heavy (non-hydrogen) atoms. The third kappa shape index (κ3) is 4.87. The van der Waals surface area contributed by atoms with E-state index >= 15 is 0 Å². The van der Waals surface area contributed by atoms with Gasteiger partial charge in [-0.1, -0.05) is 17.2 Å². The number of nitrogens with zero attached hydrogens (tertiary/aromatic N) is 4. The van der Waals surface area contributed by atoms with E-state index in [2.05, 4.69) is 20.6 Å². The Morgan fingerprint density at radius 2 is 1.76 bits per heavy atom. The van der Waals surface area contributed by atoms with Gasteiger partial charge in [0.1, 0.15) is 18.1 Å². The van der Waals surface area contributed by atoms with Gasteiger partial charge in [0.15, 0.2) is 11.5 Å². The van der Waals surface area contributed by atoms with Gasteiger partial charge in [0, 0.05) is 11.6 Å². The van der Waals surface area contributed by atoms with Crippen LogP contribution in [0.4, 0.5) is 0 Å². The molecular formula is C24H25N5O4. The number of fused-ring (bicyclic) bond motifs is 1. The molecule has 9 heteroatoms. The van der Waals surface area contributed by atoms with Gasteiger partial charge in [-0.15, -0.1) is 15.3 Å². The minimum absolute atomic E-state index is 0.139. The molecule has 2 heterocycles. The van der Waals surface area contributed by atoms with Crippen molar-refractivity contribution in [3.63, 3.8) is 0 Å². The van der Waals surface area contributed by atoms with Gasteiger partial charge in [0.25, 0.3) is 5.91 Å². The van der Waals surface area contributed by atoms with E-state index in [1.165, 1.54) is 0 Å². The van der Waals surface area contributed by atoms with Crippen molar-refractivity contribution in [1.82, 2.24) is 25.1 Å². The molecule has 0 bridgehead atoms. The predicted octanol–water partition coefficient (Wildman–Crippen LogP) is 3.23. The minimum Gasteiger partial charge on any atom is -0.497 e. The summed E-state index contributed by atoms with van der Waals surface area (Å²) in [6, 6.07) is 14.6. The lowest BCUT2D eigenvalue weighted by atomic mass is 10.1. The molecule has 0 saturated heterocycles. The molecular weight excluding hydrogens is 422 g/mol. The van der Waals surface area contributed by atoms with Crippen molar-refractivity contribution in [2.24, 2.45) is 0 Å². The molecule has 1 N–H and O–H groups in total. The molecule has 4 aromatic rings. The number of hydrogen-bond donors (Lipinski definition) is 1. The molecule has 0 atom stereocenters. The van der Waals surface area contributed by atoms with E-state index in [0.717, 1.165) is 11.1 Å². The molecule has 0 aliphatic heterocycles. The molecule has 0 unspecified atom stereocenters. The van der Waals surface area contributed by atoms with Crippen LogP contribution in [0.5, 0.6) is 17.4 Å². The lowest BCUT2D eigenvalue weighted by Gasteiger charge is -2.10. The average Bonchev–Trinajstić information content (AvgIpc) is 3.23. The lowest BCUT2D eigenvalue weighted by Crippen LogP contribution is -2.28. The number of nitrogens with one attached hydrogen (secondary N) is 1. The monoisotopic (exact) mass is 447 g/mol. The van der Waals surface area contributed by atoms with E-state index in [1.54, 1.807) is 43.0 Å². The fourth-order valence-corrected chi connectivity index (χ4v) is 3.53. The van der Waals surface area contributed by atoms with Crippen molar-refractivity contribution in [1.29, 1.82) is 0 Å². The van der Waals surface area contributed by atoms with E-state index in [-0.39, 0.29) is 12.5 Å². The summed E-state index contributed by atoms with van der Waals surface area (Å²) in [6.45, 7) is 4.53. The number of amides is 1. The largest absolute Gasteiger partial charge is 0.497 e. The Bertz CT molecular complexity index is 1280. The van der Waals surface area contributed by atoms with Crippen LogP contribution >= 0.6 is 0 Å². The number of aryl methyl sites for hydroxylation is 2. The maximum absolute atomic E-state index is 12.4. The number of carbonyl (C=O) groups is 1. The van der Waals surface area contributed by atoms with Crippen LogP contribution in [0, 0.1) is 13.8 Å². The first kappa shape index (κ1) is 22.1. The van der Waals surface area contributed by atoms with Crippen molar-refractivity contribution < 1.29 is 19.0 Å². The first-order valence-electron chi connectivity index (χ1n) is 10.4. The molecule has 1 amide bonds. The van der Waals surface area contributed by atoms with Crippen molar-refractivity contribution >= 4 is 11.6 Å². The number of benzene rings is 2. The summed E-state index contributed by atoms with van der Waals surface area (Å²) in [5.74, 6) is 2.02. The zero-order chi connectivity index (χ0) is 23.4. The maximum Gasteiger partial charge on any atom is 0.251 e. The summed E-state index contributed by atoms with van der Waals surface area (Å²) in [5.41, 5.74) is 3.98. The molecule has 2 aromatic heterocycles. The highest BCUT2D eigenvalue weighted by molar-refractivity contribution is 5.94. The van der Waals surface area contributed by atoms with Crippen molar-refractivity contribution in [2.75, 3.05) is 27.4 Å². The zero-order valence-corrected chi connectivity index (χ0v) is 19.0. The maximum atomic E-state index is 12.4. The SMILES string of the molecule is COc1ccc(OC)c(-c2nnc3ccc(OCCNC(=O)c4cc(C)cc(C)c4)nn23)c1. The van der Waals surface area contributed by atoms with E-state index in [4.69, 9.17) is 14.2 Å². The Hall–Kier alpha value is -4.14. The normalized spacial score (nSPS) is 10.8. The standard InChI is InChI=1S/C24H25N5O4/c1-15-11-16(2)13-17(12-15)24(30)25-9-10-33-22-8-7-21-26-27-23(29(21)28-22)19-14-18(31-3)5-6-20(19)32-4/h5-8,11-14H,9-10H2,1-4H3,(H,25,30). The summed E-state index contributed by atoms with van der Waals surface area (Å²) >= 11 is 0. The number of methoxy groups -OCH3 is 2. The van der Waals surface area contributed by atoms with Crippen LogP contribution in [0.3, 0.4) is 0 Å². The van der Waals surface area contributed by atoms with Gasteiger partial charge in [-0.25, -0.2) is 0 Å². The first-order valence-corrected chi connectivity index (χ1v) is 10.4. The summed E-state index contributed by atoms with van der Waals surface area (Å²) in [7, 11) is 3.18. The lowest BCUT2D eigenvalue weighted by molar-refractivity contribution is 0.0946. The molecule has 170 valence electrons. The Balaban J connectivity index is 1.46. The molecule has 0 aliphatic rings. The van der Waals surface area contributed by atoms with Gasteiger partial charge in [-0.2, -0.15) is 4.52 Å². The molecule has 2 aromatic carbocycles. The summed E-state index contributed by atoms with van der Waals surface area (Å²) < 4.78 is 18.1. The molecule has 0 aliphatic carbocycles. The quantitative estimate of drug-likeness (QED) is 0.414. The van der Waals surface area contributed by atoms with Gasteiger partial charge < -0.3 is 19.5 Å². The predicted molar refractivity (Wildman–Crippen MR) is 123 cm³/mol. The number of rotatable bonds is 8. The molecule has 0 saturated carbocycles. The second-order valence-corrected chi connectivity index (χ2v) is 7.51. The summed E-state index contributed by atoms with van der Waals surface area (Å²) in [5, 5.41) is 15.8.